The van der Waals surface area contributed by atoms with E-state index < -0.39 is 5.60 Å². The highest BCUT2D eigenvalue weighted by Crippen LogP contribution is 2.39. The molecule has 25 heavy (non-hydrogen) atoms. The highest BCUT2D eigenvalue weighted by atomic mass is 16.6. The Bertz CT molecular complexity index is 701. The van der Waals surface area contributed by atoms with Crippen molar-refractivity contribution >= 4 is 23.3 Å². The molecule has 134 valence electrons. The van der Waals surface area contributed by atoms with Gasteiger partial charge in [-0.3, -0.25) is 9.69 Å². The molecule has 5 nitrogen and oxygen atoms in total. The molecule has 2 amide bonds. The number of carbonyl (C=O) groups is 2. The molecule has 2 bridgehead atoms. The third-order valence-electron chi connectivity index (χ3n) is 4.58. The Labute approximate surface area is 149 Å². The van der Waals surface area contributed by atoms with E-state index in [0.717, 1.165) is 30.5 Å². The summed E-state index contributed by atoms with van der Waals surface area (Å²) in [5, 5.41) is 2.78. The van der Waals surface area contributed by atoms with E-state index in [1.165, 1.54) is 12.5 Å². The number of hydrogen-bond donors (Lipinski definition) is 1. The van der Waals surface area contributed by atoms with Crippen molar-refractivity contribution in [2.75, 3.05) is 5.32 Å². The highest BCUT2D eigenvalue weighted by Gasteiger charge is 2.41. The van der Waals surface area contributed by atoms with Crippen molar-refractivity contribution in [3.8, 4) is 0 Å². The molecule has 0 saturated carbocycles. The molecular formula is C20H26N2O3. The van der Waals surface area contributed by atoms with E-state index in [9.17, 15) is 9.59 Å². The van der Waals surface area contributed by atoms with Crippen molar-refractivity contribution in [2.45, 2.75) is 64.6 Å². The Hall–Kier alpha value is -2.30. The lowest BCUT2D eigenvalue weighted by Gasteiger charge is -2.35. The lowest BCUT2D eigenvalue weighted by Crippen LogP contribution is -2.45. The predicted molar refractivity (Wildman–Crippen MR) is 98.2 cm³/mol. The number of ether oxygens (including phenoxy) is 1. The number of anilines is 1. The Morgan fingerprint density at radius 1 is 1.16 bits per heavy atom. The second-order valence-electron chi connectivity index (χ2n) is 7.84. The molecule has 1 aromatic carbocycles. The van der Waals surface area contributed by atoms with Gasteiger partial charge in [0.05, 0.1) is 6.04 Å². The first kappa shape index (κ1) is 17.5. The molecule has 0 spiro atoms. The molecule has 2 aliphatic rings. The van der Waals surface area contributed by atoms with Crippen molar-refractivity contribution < 1.29 is 14.3 Å². The van der Waals surface area contributed by atoms with Crippen LogP contribution >= 0.6 is 0 Å². The van der Waals surface area contributed by atoms with Gasteiger partial charge in [0.1, 0.15) is 5.60 Å². The minimum absolute atomic E-state index is 0.0734. The minimum atomic E-state index is -0.472. The summed E-state index contributed by atoms with van der Waals surface area (Å²) >= 11 is 0. The van der Waals surface area contributed by atoms with Gasteiger partial charge in [-0.25, -0.2) is 4.79 Å². The summed E-state index contributed by atoms with van der Waals surface area (Å²) in [6.45, 7) is 7.19. The van der Waals surface area contributed by atoms with E-state index in [2.05, 4.69) is 11.4 Å². The molecule has 1 fully saturated rings. The minimum Gasteiger partial charge on any atom is -0.444 e. The zero-order valence-corrected chi connectivity index (χ0v) is 15.3. The van der Waals surface area contributed by atoms with E-state index in [1.54, 1.807) is 0 Å². The van der Waals surface area contributed by atoms with Crippen LogP contribution in [0, 0.1) is 0 Å². The molecule has 2 heterocycles. The number of nitrogens with zero attached hydrogens (tertiary/aromatic N) is 1. The highest BCUT2D eigenvalue weighted by molar-refractivity contribution is 5.89. The van der Waals surface area contributed by atoms with Crippen LogP contribution in [0.5, 0.6) is 0 Å². The number of carbonyl (C=O) groups excluding carboxylic acids is 2. The summed E-state index contributed by atoms with van der Waals surface area (Å²) in [6, 6.07) is 8.20. The van der Waals surface area contributed by atoms with Gasteiger partial charge in [0.2, 0.25) is 5.91 Å². The first-order valence-corrected chi connectivity index (χ1v) is 8.83. The van der Waals surface area contributed by atoms with Crippen LogP contribution in [0.4, 0.5) is 10.5 Å². The van der Waals surface area contributed by atoms with Crippen LogP contribution < -0.4 is 5.32 Å². The molecule has 5 heteroatoms. The van der Waals surface area contributed by atoms with E-state index in [4.69, 9.17) is 4.74 Å². The average Bonchev–Trinajstić information content (AvgIpc) is 2.76. The van der Waals surface area contributed by atoms with E-state index >= 15 is 0 Å². The standard InChI is InChI=1S/C20H26N2O3/c1-13(23)21-16-7-5-14(6-8-16)15-11-17-9-10-18(12-15)22(17)19(24)25-20(2,3)4/h5-8,11,17-18H,9-10,12H2,1-4H3,(H,21,23). The molecule has 0 aromatic heterocycles. The summed E-state index contributed by atoms with van der Waals surface area (Å²) in [5.74, 6) is -0.0734. The number of hydrogen-bond acceptors (Lipinski definition) is 3. The monoisotopic (exact) mass is 342 g/mol. The first-order valence-electron chi connectivity index (χ1n) is 8.83. The van der Waals surface area contributed by atoms with Gasteiger partial charge in [0.25, 0.3) is 0 Å². The Kier molecular flexibility index (Phi) is 4.58. The number of fused-ring (bicyclic) bond motifs is 2. The summed E-state index contributed by atoms with van der Waals surface area (Å²) in [4.78, 5) is 25.5. The van der Waals surface area contributed by atoms with Crippen LogP contribution in [0.25, 0.3) is 5.57 Å². The van der Waals surface area contributed by atoms with Crippen molar-refractivity contribution in [1.29, 1.82) is 0 Å². The van der Waals surface area contributed by atoms with Gasteiger partial charge in [-0.2, -0.15) is 0 Å². The Balaban J connectivity index is 1.75. The summed E-state index contributed by atoms with van der Waals surface area (Å²) in [7, 11) is 0. The second kappa shape index (κ2) is 6.54. The largest absolute Gasteiger partial charge is 0.444 e. The summed E-state index contributed by atoms with van der Waals surface area (Å²) in [5.41, 5.74) is 2.74. The molecule has 0 radical (unpaired) electrons. The molecular weight excluding hydrogens is 316 g/mol. The molecule has 2 aliphatic heterocycles. The van der Waals surface area contributed by atoms with Crippen LogP contribution in [0.15, 0.2) is 30.3 Å². The maximum Gasteiger partial charge on any atom is 0.411 e. The normalized spacial score (nSPS) is 22.4. The zero-order chi connectivity index (χ0) is 18.2. The fraction of sp³-hybridized carbons (Fsp3) is 0.500. The number of rotatable bonds is 2. The molecule has 2 atom stereocenters. The van der Waals surface area contributed by atoms with Gasteiger partial charge in [-0.15, -0.1) is 0 Å². The van der Waals surface area contributed by atoms with Gasteiger partial charge < -0.3 is 10.1 Å². The summed E-state index contributed by atoms with van der Waals surface area (Å²) in [6.07, 6.45) is 4.82. The number of nitrogens with one attached hydrogen (secondary N) is 1. The fourth-order valence-corrected chi connectivity index (χ4v) is 3.61. The molecule has 3 rings (SSSR count). The second-order valence-corrected chi connectivity index (χ2v) is 7.84. The molecule has 0 aliphatic carbocycles. The van der Waals surface area contributed by atoms with Crippen molar-refractivity contribution in [3.05, 3.63) is 35.9 Å². The van der Waals surface area contributed by atoms with Crippen LogP contribution in [-0.2, 0) is 9.53 Å². The van der Waals surface area contributed by atoms with E-state index in [1.807, 2.05) is 49.9 Å². The molecule has 1 N–H and O–H groups in total. The van der Waals surface area contributed by atoms with Gasteiger partial charge in [0, 0.05) is 18.7 Å². The smallest absolute Gasteiger partial charge is 0.411 e. The molecule has 1 aromatic rings. The van der Waals surface area contributed by atoms with Crippen LogP contribution in [-0.4, -0.2) is 34.6 Å². The third kappa shape index (κ3) is 4.03. The summed E-state index contributed by atoms with van der Waals surface area (Å²) < 4.78 is 5.57. The number of amides is 2. The van der Waals surface area contributed by atoms with Crippen LogP contribution in [0.3, 0.4) is 0 Å². The van der Waals surface area contributed by atoms with Gasteiger partial charge in [-0.05, 0) is 63.3 Å². The van der Waals surface area contributed by atoms with Crippen molar-refractivity contribution in [2.24, 2.45) is 0 Å². The lowest BCUT2D eigenvalue weighted by atomic mass is 9.95. The number of benzene rings is 1. The van der Waals surface area contributed by atoms with Crippen molar-refractivity contribution in [1.82, 2.24) is 4.90 Å². The molecule has 2 unspecified atom stereocenters. The van der Waals surface area contributed by atoms with Gasteiger partial charge in [0.15, 0.2) is 0 Å². The first-order chi connectivity index (χ1) is 11.7. The fourth-order valence-electron chi connectivity index (χ4n) is 3.61. The SMILES string of the molecule is CC(=O)Nc1ccc(C2=CC3CCC(C2)N3C(=O)OC(C)(C)C)cc1. The van der Waals surface area contributed by atoms with E-state index in [-0.39, 0.29) is 24.1 Å². The van der Waals surface area contributed by atoms with Gasteiger partial charge >= 0.3 is 6.09 Å². The predicted octanol–water partition coefficient (Wildman–Crippen LogP) is 4.20. The third-order valence-corrected chi connectivity index (χ3v) is 4.58. The van der Waals surface area contributed by atoms with Crippen LogP contribution in [0.2, 0.25) is 0 Å². The lowest BCUT2D eigenvalue weighted by molar-refractivity contribution is -0.114. The molecule has 1 saturated heterocycles. The maximum absolute atomic E-state index is 12.5. The maximum atomic E-state index is 12.5. The van der Waals surface area contributed by atoms with Crippen molar-refractivity contribution in [3.63, 3.8) is 0 Å². The Morgan fingerprint density at radius 2 is 1.84 bits per heavy atom. The van der Waals surface area contributed by atoms with Crippen LogP contribution in [0.1, 0.15) is 52.5 Å². The Morgan fingerprint density at radius 3 is 2.40 bits per heavy atom. The zero-order valence-electron chi connectivity index (χ0n) is 15.3. The quantitative estimate of drug-likeness (QED) is 0.876. The average molecular weight is 342 g/mol. The topological polar surface area (TPSA) is 58.6 Å². The van der Waals surface area contributed by atoms with Gasteiger partial charge in [-0.1, -0.05) is 18.2 Å². The van der Waals surface area contributed by atoms with E-state index in [0.29, 0.717) is 0 Å².